The van der Waals surface area contributed by atoms with Gasteiger partial charge in [-0.2, -0.15) is 0 Å². The summed E-state index contributed by atoms with van der Waals surface area (Å²) in [4.78, 5) is 6.87. The van der Waals surface area contributed by atoms with Gasteiger partial charge in [0.1, 0.15) is 5.84 Å². The van der Waals surface area contributed by atoms with Crippen molar-refractivity contribution in [3.63, 3.8) is 0 Å². The topological polar surface area (TPSA) is 41.6 Å². The summed E-state index contributed by atoms with van der Waals surface area (Å²) >= 11 is 0. The maximum absolute atomic E-state index is 6.44. The summed E-state index contributed by atoms with van der Waals surface area (Å²) < 4.78 is 0. The van der Waals surface area contributed by atoms with E-state index >= 15 is 0 Å². The number of rotatable bonds is 4. The molecule has 1 unspecified atom stereocenters. The van der Waals surface area contributed by atoms with Gasteiger partial charge in [0.25, 0.3) is 0 Å². The molecule has 2 rings (SSSR count). The van der Waals surface area contributed by atoms with Crippen LogP contribution in [0.3, 0.4) is 0 Å². The maximum atomic E-state index is 6.44. The number of nitrogens with zero attached hydrogens (tertiary/aromatic N) is 2. The van der Waals surface area contributed by atoms with Crippen LogP contribution >= 0.6 is 0 Å². The highest BCUT2D eigenvalue weighted by molar-refractivity contribution is 5.90. The van der Waals surface area contributed by atoms with Gasteiger partial charge in [-0.1, -0.05) is 30.4 Å². The van der Waals surface area contributed by atoms with Crippen LogP contribution in [-0.4, -0.2) is 30.4 Å². The maximum Gasteiger partial charge on any atom is 0.121 e. The molecule has 0 radical (unpaired) electrons. The fourth-order valence-corrected chi connectivity index (χ4v) is 2.46. The third-order valence-corrected chi connectivity index (χ3v) is 3.79. The van der Waals surface area contributed by atoms with Crippen LogP contribution in [0, 0.1) is 13.8 Å². The van der Waals surface area contributed by atoms with E-state index in [1.807, 2.05) is 6.92 Å². The number of allylic oxidation sites excluding steroid dienone is 1. The van der Waals surface area contributed by atoms with Gasteiger partial charge in [0.2, 0.25) is 0 Å². The fraction of sp³-hybridized carbons (Fsp3) is 0.438. The first-order valence-corrected chi connectivity index (χ1v) is 6.87. The van der Waals surface area contributed by atoms with Crippen molar-refractivity contribution in [2.75, 3.05) is 19.6 Å². The molecule has 1 aromatic rings. The van der Waals surface area contributed by atoms with E-state index in [-0.39, 0.29) is 6.04 Å². The van der Waals surface area contributed by atoms with Crippen molar-refractivity contribution in [3.8, 4) is 0 Å². The Hall–Kier alpha value is -1.61. The second-order valence-corrected chi connectivity index (χ2v) is 5.02. The first-order valence-electron chi connectivity index (χ1n) is 6.87. The van der Waals surface area contributed by atoms with Gasteiger partial charge in [-0.3, -0.25) is 4.99 Å². The Morgan fingerprint density at radius 2 is 2.21 bits per heavy atom. The van der Waals surface area contributed by atoms with E-state index in [0.29, 0.717) is 0 Å². The van der Waals surface area contributed by atoms with Crippen LogP contribution in [-0.2, 0) is 0 Å². The normalized spacial score (nSPS) is 17.1. The fourth-order valence-electron chi connectivity index (χ4n) is 2.46. The van der Waals surface area contributed by atoms with Crippen LogP contribution in [0.2, 0.25) is 0 Å². The molecule has 19 heavy (non-hydrogen) atoms. The Morgan fingerprint density at radius 3 is 2.95 bits per heavy atom. The molecule has 0 saturated heterocycles. The predicted molar refractivity (Wildman–Crippen MR) is 81.5 cm³/mol. The van der Waals surface area contributed by atoms with Gasteiger partial charge >= 0.3 is 0 Å². The highest BCUT2D eigenvalue weighted by atomic mass is 15.2. The lowest BCUT2D eigenvalue weighted by atomic mass is 9.97. The number of amidine groups is 1. The molecule has 2 N–H and O–H groups in total. The smallest absolute Gasteiger partial charge is 0.121 e. The second kappa shape index (κ2) is 6.02. The number of benzene rings is 1. The molecule has 3 heteroatoms. The highest BCUT2D eigenvalue weighted by Crippen LogP contribution is 2.22. The summed E-state index contributed by atoms with van der Waals surface area (Å²) in [7, 11) is 0. The number of aliphatic imine (C=N–C) groups is 1. The molecule has 0 spiro atoms. The number of hydrogen-bond donors (Lipinski definition) is 1. The molecule has 0 aromatic heterocycles. The van der Waals surface area contributed by atoms with Crippen molar-refractivity contribution in [2.45, 2.75) is 26.8 Å². The zero-order valence-corrected chi connectivity index (χ0v) is 12.1. The molecule has 0 aliphatic carbocycles. The van der Waals surface area contributed by atoms with Crippen LogP contribution in [0.15, 0.2) is 35.3 Å². The molecule has 0 fully saturated rings. The van der Waals surface area contributed by atoms with Crippen LogP contribution in [0.1, 0.15) is 29.7 Å². The van der Waals surface area contributed by atoms with E-state index in [4.69, 9.17) is 5.73 Å². The van der Waals surface area contributed by atoms with Gasteiger partial charge in [-0.15, -0.1) is 0 Å². The summed E-state index contributed by atoms with van der Waals surface area (Å²) in [5, 5.41) is 0. The van der Waals surface area contributed by atoms with Crippen LogP contribution < -0.4 is 5.73 Å². The van der Waals surface area contributed by atoms with Crippen LogP contribution in [0.25, 0.3) is 0 Å². The Bertz CT molecular complexity index is 503. The van der Waals surface area contributed by atoms with Crippen LogP contribution in [0.5, 0.6) is 0 Å². The molecular formula is C16H23N3. The van der Waals surface area contributed by atoms with Crippen molar-refractivity contribution in [1.29, 1.82) is 0 Å². The second-order valence-electron chi connectivity index (χ2n) is 5.02. The number of hydrogen-bond acceptors (Lipinski definition) is 3. The van der Waals surface area contributed by atoms with Crippen LogP contribution in [0.4, 0.5) is 0 Å². The van der Waals surface area contributed by atoms with E-state index in [9.17, 15) is 0 Å². The van der Waals surface area contributed by atoms with Gasteiger partial charge in [0.15, 0.2) is 0 Å². The quantitative estimate of drug-likeness (QED) is 0.842. The molecule has 1 heterocycles. The number of nitrogens with two attached hydrogens (primary N) is 1. The van der Waals surface area contributed by atoms with Crippen molar-refractivity contribution in [3.05, 3.63) is 47.0 Å². The Morgan fingerprint density at radius 1 is 1.42 bits per heavy atom. The average molecular weight is 257 g/mol. The molecule has 0 amide bonds. The van der Waals surface area contributed by atoms with Gasteiger partial charge in [-0.05, 0) is 37.5 Å². The zero-order valence-electron chi connectivity index (χ0n) is 12.1. The molecule has 102 valence electrons. The minimum absolute atomic E-state index is 0.118. The standard InChI is InChI=1S/C16H23N3/c1-4-5-10-19-11-9-18-16(19)15(17)14-8-6-7-12(2)13(14)3/h4-8,15H,9-11,17H2,1-3H3/b5-4+. The Balaban J connectivity index is 2.23. The van der Waals surface area contributed by atoms with E-state index < -0.39 is 0 Å². The summed E-state index contributed by atoms with van der Waals surface area (Å²) in [5.41, 5.74) is 10.2. The average Bonchev–Trinajstić information content (AvgIpc) is 2.87. The van der Waals surface area contributed by atoms with Crippen molar-refractivity contribution in [1.82, 2.24) is 4.90 Å². The summed E-state index contributed by atoms with van der Waals surface area (Å²) in [6, 6.07) is 6.19. The van der Waals surface area contributed by atoms with E-state index in [1.54, 1.807) is 0 Å². The minimum Gasteiger partial charge on any atom is -0.353 e. The molecule has 1 aromatic carbocycles. The van der Waals surface area contributed by atoms with Crippen molar-refractivity contribution >= 4 is 5.84 Å². The van der Waals surface area contributed by atoms with E-state index in [1.165, 1.54) is 16.7 Å². The third-order valence-electron chi connectivity index (χ3n) is 3.79. The van der Waals surface area contributed by atoms with E-state index in [2.05, 4.69) is 54.1 Å². The SMILES string of the molecule is C/C=C/CN1CCN=C1C(N)c1cccc(C)c1C. The molecule has 1 aliphatic heterocycles. The molecule has 0 bridgehead atoms. The third kappa shape index (κ3) is 2.87. The monoisotopic (exact) mass is 257 g/mol. The largest absolute Gasteiger partial charge is 0.353 e. The van der Waals surface area contributed by atoms with Gasteiger partial charge in [0.05, 0.1) is 12.6 Å². The summed E-state index contributed by atoms with van der Waals surface area (Å²) in [6.45, 7) is 9.02. The lowest BCUT2D eigenvalue weighted by Gasteiger charge is -2.24. The first kappa shape index (κ1) is 13.8. The van der Waals surface area contributed by atoms with Gasteiger partial charge in [-0.25, -0.2) is 0 Å². The summed E-state index contributed by atoms with van der Waals surface area (Å²) in [5.74, 6) is 1.02. The predicted octanol–water partition coefficient (Wildman–Crippen LogP) is 2.59. The highest BCUT2D eigenvalue weighted by Gasteiger charge is 2.24. The first-order chi connectivity index (χ1) is 9.15. The molecule has 1 atom stereocenters. The van der Waals surface area contributed by atoms with Crippen molar-refractivity contribution in [2.24, 2.45) is 10.7 Å². The molecule has 0 saturated carbocycles. The van der Waals surface area contributed by atoms with Gasteiger partial charge in [0, 0.05) is 13.1 Å². The minimum atomic E-state index is -0.118. The molecule has 3 nitrogen and oxygen atoms in total. The summed E-state index contributed by atoms with van der Waals surface area (Å²) in [6.07, 6.45) is 4.22. The van der Waals surface area contributed by atoms with E-state index in [0.717, 1.165) is 25.5 Å². The number of aryl methyl sites for hydroxylation is 1. The lowest BCUT2D eigenvalue weighted by Crippen LogP contribution is -2.36. The van der Waals surface area contributed by atoms with Crippen molar-refractivity contribution < 1.29 is 0 Å². The molecule has 1 aliphatic rings. The lowest BCUT2D eigenvalue weighted by molar-refractivity contribution is 0.490. The Kier molecular flexibility index (Phi) is 4.38. The zero-order chi connectivity index (χ0) is 13.8. The Labute approximate surface area is 115 Å². The molecular weight excluding hydrogens is 234 g/mol. The van der Waals surface area contributed by atoms with Gasteiger partial charge < -0.3 is 10.6 Å².